The van der Waals surface area contributed by atoms with Crippen molar-refractivity contribution in [2.75, 3.05) is 12.4 Å². The van der Waals surface area contributed by atoms with Crippen molar-refractivity contribution >= 4 is 17.8 Å². The molecule has 0 fully saturated rings. The number of nitrogens with one attached hydrogen (secondary N) is 1. The number of nitrogens with zero attached hydrogens (tertiary/aromatic N) is 1. The number of anilines is 1. The quantitative estimate of drug-likeness (QED) is 0.186. The molecule has 32 heavy (non-hydrogen) atoms. The fraction of sp³-hybridized carbons (Fsp3) is 0.481. The Morgan fingerprint density at radius 2 is 1.91 bits per heavy atom. The second kappa shape index (κ2) is 16.0. The zero-order valence-electron chi connectivity index (χ0n) is 21.3. The van der Waals surface area contributed by atoms with Gasteiger partial charge in [-0.3, -0.25) is 9.79 Å². The molecular weight excluding hydrogens is 403 g/mol. The summed E-state index contributed by atoms with van der Waals surface area (Å²) < 4.78 is 18.5. The maximum Gasteiger partial charge on any atom is 0.248 e. The average molecular weight is 445 g/mol. The minimum absolute atomic E-state index is 0.153. The minimum Gasteiger partial charge on any atom is -0.501 e. The van der Waals surface area contributed by atoms with Crippen molar-refractivity contribution in [1.82, 2.24) is 0 Å². The van der Waals surface area contributed by atoms with Gasteiger partial charge in [0.2, 0.25) is 5.91 Å². The fourth-order valence-corrected chi connectivity index (χ4v) is 2.89. The lowest BCUT2D eigenvalue weighted by Crippen LogP contribution is -2.08. The smallest absolute Gasteiger partial charge is 0.248 e. The Morgan fingerprint density at radius 3 is 2.38 bits per heavy atom. The standard InChI is InChI=1S/C15H27NO.C12H14FNO/c1-8-14(11(3)4)10-15(13(6)17-7)12(5)16-9-2;1-3-4-5-12(15)14-10-7-6-9(2)11(13)8-10/h9-12H,8H2,1-7H3;4-8H,3H2,1-2H3,(H,14,15)/b14-10+,15-13-,16-9?;5-4+. The summed E-state index contributed by atoms with van der Waals surface area (Å²) in [6.07, 6.45) is 9.16. The molecule has 0 saturated carbocycles. The summed E-state index contributed by atoms with van der Waals surface area (Å²) in [6.45, 7) is 16.3. The number of hydrogen-bond acceptors (Lipinski definition) is 3. The first-order chi connectivity index (χ1) is 15.1. The number of carbonyl (C=O) groups is 1. The highest BCUT2D eigenvalue weighted by Gasteiger charge is 2.11. The molecule has 0 aromatic heterocycles. The maximum atomic E-state index is 13.1. The molecule has 0 heterocycles. The summed E-state index contributed by atoms with van der Waals surface area (Å²) in [5.74, 6) is 0.972. The lowest BCUT2D eigenvalue weighted by Gasteiger charge is -2.16. The van der Waals surface area contributed by atoms with E-state index in [0.29, 0.717) is 17.2 Å². The summed E-state index contributed by atoms with van der Waals surface area (Å²) >= 11 is 0. The van der Waals surface area contributed by atoms with Gasteiger partial charge in [-0.25, -0.2) is 4.39 Å². The lowest BCUT2D eigenvalue weighted by atomic mass is 9.95. The van der Waals surface area contributed by atoms with Gasteiger partial charge in [-0.15, -0.1) is 0 Å². The highest BCUT2D eigenvalue weighted by atomic mass is 19.1. The van der Waals surface area contributed by atoms with E-state index in [2.05, 4.69) is 44.1 Å². The van der Waals surface area contributed by atoms with Gasteiger partial charge in [0.25, 0.3) is 0 Å². The third kappa shape index (κ3) is 11.1. The van der Waals surface area contributed by atoms with Gasteiger partial charge in [0.1, 0.15) is 5.82 Å². The number of ether oxygens (including phenoxy) is 1. The molecule has 0 bridgehead atoms. The highest BCUT2D eigenvalue weighted by Crippen LogP contribution is 2.21. The van der Waals surface area contributed by atoms with Crippen LogP contribution in [0.1, 0.15) is 66.9 Å². The van der Waals surface area contributed by atoms with Gasteiger partial charge < -0.3 is 10.1 Å². The SMILES string of the molecule is CC/C=C/C(=O)Nc1ccc(C)c(F)c1.CC=NC(C)C(/C=C(\CC)C(C)C)=C(/C)OC. The second-order valence-electron chi connectivity index (χ2n) is 7.79. The van der Waals surface area contributed by atoms with E-state index >= 15 is 0 Å². The van der Waals surface area contributed by atoms with Crippen LogP contribution in [0.25, 0.3) is 0 Å². The van der Waals surface area contributed by atoms with Gasteiger partial charge in [-0.05, 0) is 76.4 Å². The normalized spacial score (nSPS) is 13.7. The molecule has 0 aliphatic carbocycles. The van der Waals surface area contributed by atoms with Crippen molar-refractivity contribution in [3.63, 3.8) is 0 Å². The van der Waals surface area contributed by atoms with Crippen LogP contribution in [-0.2, 0) is 9.53 Å². The van der Waals surface area contributed by atoms with Gasteiger partial charge in [0.05, 0.1) is 18.9 Å². The van der Waals surface area contributed by atoms with Crippen molar-refractivity contribution in [2.45, 2.75) is 74.3 Å². The minimum atomic E-state index is -0.313. The third-order valence-electron chi connectivity index (χ3n) is 4.97. The van der Waals surface area contributed by atoms with E-state index in [9.17, 15) is 9.18 Å². The Hall–Kier alpha value is -2.69. The molecule has 0 spiro atoms. The van der Waals surface area contributed by atoms with Crippen LogP contribution in [0.3, 0.4) is 0 Å². The lowest BCUT2D eigenvalue weighted by molar-refractivity contribution is -0.111. The molecule has 5 heteroatoms. The van der Waals surface area contributed by atoms with E-state index < -0.39 is 0 Å². The summed E-state index contributed by atoms with van der Waals surface area (Å²) in [6, 6.07) is 4.78. The van der Waals surface area contributed by atoms with E-state index in [4.69, 9.17) is 4.74 Å². The number of amides is 1. The van der Waals surface area contributed by atoms with Crippen LogP contribution in [0.15, 0.2) is 58.3 Å². The Bertz CT molecular complexity index is 836. The van der Waals surface area contributed by atoms with E-state index in [1.807, 2.05) is 27.0 Å². The monoisotopic (exact) mass is 444 g/mol. The molecule has 178 valence electrons. The van der Waals surface area contributed by atoms with E-state index in [1.54, 1.807) is 32.2 Å². The van der Waals surface area contributed by atoms with E-state index in [1.165, 1.54) is 23.3 Å². The first-order valence-electron chi connectivity index (χ1n) is 11.3. The van der Waals surface area contributed by atoms with Gasteiger partial charge in [-0.2, -0.15) is 0 Å². The zero-order chi connectivity index (χ0) is 24.7. The van der Waals surface area contributed by atoms with Gasteiger partial charge in [-0.1, -0.05) is 51.5 Å². The Morgan fingerprint density at radius 1 is 1.25 bits per heavy atom. The Kier molecular flexibility index (Phi) is 14.7. The number of methoxy groups -OCH3 is 1. The van der Waals surface area contributed by atoms with Crippen LogP contribution in [0.5, 0.6) is 0 Å². The van der Waals surface area contributed by atoms with Crippen molar-refractivity contribution < 1.29 is 13.9 Å². The molecule has 0 aliphatic heterocycles. The van der Waals surface area contributed by atoms with Crippen molar-refractivity contribution in [3.05, 3.63) is 64.7 Å². The van der Waals surface area contributed by atoms with E-state index in [-0.39, 0.29) is 17.8 Å². The molecule has 1 N–H and O–H groups in total. The number of aliphatic imine (C=N–C) groups is 1. The molecular formula is C27H41FN2O2. The largest absolute Gasteiger partial charge is 0.501 e. The fourth-order valence-electron chi connectivity index (χ4n) is 2.89. The Labute approximate surface area is 194 Å². The number of halogens is 1. The maximum absolute atomic E-state index is 13.1. The molecule has 1 aromatic rings. The summed E-state index contributed by atoms with van der Waals surface area (Å²) in [5.41, 5.74) is 3.66. The zero-order valence-corrected chi connectivity index (χ0v) is 21.3. The van der Waals surface area contributed by atoms with Crippen molar-refractivity contribution in [2.24, 2.45) is 10.9 Å². The summed E-state index contributed by atoms with van der Waals surface area (Å²) in [7, 11) is 1.71. The van der Waals surface area contributed by atoms with E-state index in [0.717, 1.165) is 18.6 Å². The second-order valence-corrected chi connectivity index (χ2v) is 7.79. The topological polar surface area (TPSA) is 50.7 Å². The third-order valence-corrected chi connectivity index (χ3v) is 4.97. The van der Waals surface area contributed by atoms with Crippen LogP contribution >= 0.6 is 0 Å². The van der Waals surface area contributed by atoms with Crippen LogP contribution < -0.4 is 5.32 Å². The van der Waals surface area contributed by atoms with Crippen molar-refractivity contribution in [3.8, 4) is 0 Å². The highest BCUT2D eigenvalue weighted by molar-refractivity contribution is 5.99. The summed E-state index contributed by atoms with van der Waals surface area (Å²) in [4.78, 5) is 15.7. The predicted octanol–water partition coefficient (Wildman–Crippen LogP) is 7.42. The molecule has 1 atom stereocenters. The molecule has 0 saturated heterocycles. The van der Waals surface area contributed by atoms with Crippen LogP contribution in [0, 0.1) is 18.7 Å². The first-order valence-corrected chi connectivity index (χ1v) is 11.3. The molecule has 1 amide bonds. The van der Waals surface area contributed by atoms with Gasteiger partial charge >= 0.3 is 0 Å². The molecule has 0 aliphatic rings. The number of hydrogen-bond donors (Lipinski definition) is 1. The average Bonchev–Trinajstić information content (AvgIpc) is 2.75. The number of allylic oxidation sites excluding steroid dienone is 3. The molecule has 4 nitrogen and oxygen atoms in total. The van der Waals surface area contributed by atoms with Crippen LogP contribution in [0.4, 0.5) is 10.1 Å². The van der Waals surface area contributed by atoms with Gasteiger partial charge in [0, 0.05) is 11.3 Å². The number of rotatable bonds is 9. The molecule has 1 rings (SSSR count). The van der Waals surface area contributed by atoms with Crippen LogP contribution in [0.2, 0.25) is 0 Å². The number of aryl methyl sites for hydroxylation is 1. The number of carbonyl (C=O) groups excluding carboxylic acids is 1. The van der Waals surface area contributed by atoms with Gasteiger partial charge in [0.15, 0.2) is 0 Å². The molecule has 0 radical (unpaired) electrons. The molecule has 1 aromatic carbocycles. The molecule has 1 unspecified atom stereocenters. The first kappa shape index (κ1) is 29.3. The van der Waals surface area contributed by atoms with Crippen LogP contribution in [-0.4, -0.2) is 25.3 Å². The van der Waals surface area contributed by atoms with Crippen molar-refractivity contribution in [1.29, 1.82) is 0 Å². The number of benzene rings is 1. The summed E-state index contributed by atoms with van der Waals surface area (Å²) in [5, 5.41) is 2.58. The predicted molar refractivity (Wildman–Crippen MR) is 136 cm³/mol. The Balaban J connectivity index is 0.000000604.